The number of rotatable bonds is 4. The highest BCUT2D eigenvalue weighted by molar-refractivity contribution is 9.10. The number of pyridine rings is 1. The number of benzene rings is 1. The van der Waals surface area contributed by atoms with E-state index in [9.17, 15) is 13.5 Å². The van der Waals surface area contributed by atoms with E-state index in [4.69, 9.17) is 23.2 Å². The third kappa shape index (κ3) is 3.49. The van der Waals surface area contributed by atoms with Crippen LogP contribution in [0.15, 0.2) is 40.0 Å². The van der Waals surface area contributed by atoms with Gasteiger partial charge in [-0.3, -0.25) is 9.71 Å². The Hall–Kier alpha value is -0.860. The van der Waals surface area contributed by atoms with Gasteiger partial charge in [-0.25, -0.2) is 8.42 Å². The van der Waals surface area contributed by atoms with Crippen molar-refractivity contribution < 1.29 is 13.5 Å². The number of aromatic nitrogens is 1. The van der Waals surface area contributed by atoms with Crippen LogP contribution in [0.25, 0.3) is 0 Å². The number of hydrogen-bond donors (Lipinski definition) is 2. The quantitative estimate of drug-likeness (QED) is 0.807. The number of hydrogen-bond acceptors (Lipinski definition) is 4. The molecule has 1 aromatic heterocycles. The average molecular weight is 412 g/mol. The van der Waals surface area contributed by atoms with Gasteiger partial charge in [0.15, 0.2) is 0 Å². The number of halogens is 3. The summed E-state index contributed by atoms with van der Waals surface area (Å²) in [7, 11) is -3.93. The first-order chi connectivity index (χ1) is 9.86. The molecule has 0 aliphatic rings. The van der Waals surface area contributed by atoms with Crippen LogP contribution < -0.4 is 4.72 Å². The van der Waals surface area contributed by atoms with E-state index in [1.165, 1.54) is 30.6 Å². The number of anilines is 1. The van der Waals surface area contributed by atoms with Crippen molar-refractivity contribution in [1.82, 2.24) is 4.98 Å². The molecule has 0 unspecified atom stereocenters. The summed E-state index contributed by atoms with van der Waals surface area (Å²) in [4.78, 5) is 3.68. The predicted octanol–water partition coefficient (Wildman–Crippen LogP) is 3.44. The lowest BCUT2D eigenvalue weighted by molar-refractivity contribution is 0.282. The second-order valence-electron chi connectivity index (χ2n) is 3.96. The summed E-state index contributed by atoms with van der Waals surface area (Å²) in [5.41, 5.74) is 0.483. The second-order valence-corrected chi connectivity index (χ2v) is 7.25. The van der Waals surface area contributed by atoms with Gasteiger partial charge >= 0.3 is 0 Å². The van der Waals surface area contributed by atoms with Crippen molar-refractivity contribution in [2.45, 2.75) is 11.5 Å². The molecule has 0 amide bonds. The molecular formula is C12H9BrCl2N2O3S. The fourth-order valence-electron chi connectivity index (χ4n) is 1.59. The molecule has 0 spiro atoms. The van der Waals surface area contributed by atoms with Crippen molar-refractivity contribution in [2.75, 3.05) is 4.72 Å². The van der Waals surface area contributed by atoms with Crippen molar-refractivity contribution in [3.63, 3.8) is 0 Å². The molecule has 5 nitrogen and oxygen atoms in total. The summed E-state index contributed by atoms with van der Waals surface area (Å²) in [5.74, 6) is 0. The zero-order valence-corrected chi connectivity index (χ0v) is 14.3. The third-order valence-electron chi connectivity index (χ3n) is 2.62. The molecule has 0 atom stereocenters. The minimum absolute atomic E-state index is 0.109. The van der Waals surface area contributed by atoms with E-state index in [0.29, 0.717) is 10.2 Å². The highest BCUT2D eigenvalue weighted by atomic mass is 79.9. The summed E-state index contributed by atoms with van der Waals surface area (Å²) in [6.07, 6.45) is 2.91. The van der Waals surface area contributed by atoms with E-state index in [1.54, 1.807) is 0 Å². The Labute approximate surface area is 140 Å². The summed E-state index contributed by atoms with van der Waals surface area (Å²) >= 11 is 15.1. The molecular weight excluding hydrogens is 403 g/mol. The molecule has 0 bridgehead atoms. The number of nitrogens with one attached hydrogen (secondary N) is 1. The molecule has 1 heterocycles. The topological polar surface area (TPSA) is 79.3 Å². The SMILES string of the molecule is O=S(=O)(Nc1ccncc1Br)c1ccc(Cl)c(CO)c1Cl. The Kier molecular flexibility index (Phi) is 5.11. The van der Waals surface area contributed by atoms with Crippen LogP contribution in [0.5, 0.6) is 0 Å². The molecule has 112 valence electrons. The van der Waals surface area contributed by atoms with Crippen molar-refractivity contribution in [1.29, 1.82) is 0 Å². The Morgan fingerprint density at radius 2 is 2.00 bits per heavy atom. The van der Waals surface area contributed by atoms with E-state index in [1.807, 2.05) is 0 Å². The molecule has 0 aliphatic carbocycles. The van der Waals surface area contributed by atoms with Crippen LogP contribution in [0.1, 0.15) is 5.56 Å². The van der Waals surface area contributed by atoms with Gasteiger partial charge in [0.25, 0.3) is 10.0 Å². The lowest BCUT2D eigenvalue weighted by atomic mass is 10.2. The molecule has 0 saturated heterocycles. The van der Waals surface area contributed by atoms with Crippen LogP contribution in [-0.4, -0.2) is 18.5 Å². The first kappa shape index (κ1) is 16.5. The van der Waals surface area contributed by atoms with Crippen LogP contribution >= 0.6 is 39.1 Å². The number of nitrogens with zero attached hydrogens (tertiary/aromatic N) is 1. The fourth-order valence-corrected chi connectivity index (χ4v) is 4.05. The summed E-state index contributed by atoms with van der Waals surface area (Å²) in [5, 5.41) is 9.32. The highest BCUT2D eigenvalue weighted by Gasteiger charge is 2.22. The van der Waals surface area contributed by atoms with Gasteiger partial charge in [0.1, 0.15) is 4.90 Å². The maximum Gasteiger partial charge on any atom is 0.263 e. The fraction of sp³-hybridized carbons (Fsp3) is 0.0833. The van der Waals surface area contributed by atoms with Crippen LogP contribution in [0.4, 0.5) is 5.69 Å². The average Bonchev–Trinajstić information content (AvgIpc) is 2.41. The van der Waals surface area contributed by atoms with Crippen molar-refractivity contribution in [3.8, 4) is 0 Å². The van der Waals surface area contributed by atoms with Crippen molar-refractivity contribution >= 4 is 54.8 Å². The van der Waals surface area contributed by atoms with E-state index in [2.05, 4.69) is 25.6 Å². The maximum atomic E-state index is 12.4. The lowest BCUT2D eigenvalue weighted by Crippen LogP contribution is -2.14. The third-order valence-corrected chi connectivity index (χ3v) is 5.55. The first-order valence-electron chi connectivity index (χ1n) is 5.57. The van der Waals surface area contributed by atoms with Gasteiger partial charge in [-0.15, -0.1) is 0 Å². The molecule has 2 N–H and O–H groups in total. The Morgan fingerprint density at radius 1 is 1.29 bits per heavy atom. The minimum atomic E-state index is -3.93. The molecule has 2 aromatic rings. The Morgan fingerprint density at radius 3 is 2.62 bits per heavy atom. The standard InChI is InChI=1S/C12H9BrCl2N2O3S/c13-8-5-16-4-3-10(8)17-21(19,20)11-2-1-9(14)7(6-18)12(11)15/h1-5,18H,6H2,(H,16,17). The molecule has 0 radical (unpaired) electrons. The van der Waals surface area contributed by atoms with E-state index >= 15 is 0 Å². The highest BCUT2D eigenvalue weighted by Crippen LogP contribution is 2.32. The van der Waals surface area contributed by atoms with Gasteiger partial charge in [-0.2, -0.15) is 0 Å². The lowest BCUT2D eigenvalue weighted by Gasteiger charge is -2.13. The maximum absolute atomic E-state index is 12.4. The zero-order valence-electron chi connectivity index (χ0n) is 10.3. The van der Waals surface area contributed by atoms with E-state index < -0.39 is 16.6 Å². The molecule has 0 saturated carbocycles. The van der Waals surface area contributed by atoms with Gasteiger partial charge in [-0.05, 0) is 34.1 Å². The van der Waals surface area contributed by atoms with Crippen LogP contribution in [-0.2, 0) is 16.6 Å². The number of aliphatic hydroxyl groups excluding tert-OH is 1. The summed E-state index contributed by atoms with van der Waals surface area (Å²) in [6, 6.07) is 4.15. The van der Waals surface area contributed by atoms with Gasteiger partial charge in [-0.1, -0.05) is 23.2 Å². The van der Waals surface area contributed by atoms with Gasteiger partial charge in [0.2, 0.25) is 0 Å². The Balaban J connectivity index is 2.48. The van der Waals surface area contributed by atoms with Gasteiger partial charge in [0.05, 0.1) is 21.8 Å². The van der Waals surface area contributed by atoms with Gasteiger partial charge in [0, 0.05) is 23.0 Å². The van der Waals surface area contributed by atoms with E-state index in [0.717, 1.165) is 0 Å². The Bertz CT molecular complexity index is 784. The van der Waals surface area contributed by atoms with Gasteiger partial charge < -0.3 is 5.11 Å². The second kappa shape index (κ2) is 6.50. The molecule has 2 rings (SSSR count). The summed E-state index contributed by atoms with van der Waals surface area (Å²) in [6.45, 7) is -0.458. The molecule has 0 fully saturated rings. The van der Waals surface area contributed by atoms with Crippen LogP contribution in [0, 0.1) is 0 Å². The molecule has 0 aliphatic heterocycles. The number of aliphatic hydroxyl groups is 1. The smallest absolute Gasteiger partial charge is 0.263 e. The predicted molar refractivity (Wildman–Crippen MR) is 85.1 cm³/mol. The van der Waals surface area contributed by atoms with Crippen LogP contribution in [0.2, 0.25) is 10.0 Å². The van der Waals surface area contributed by atoms with Crippen molar-refractivity contribution in [3.05, 3.63) is 50.7 Å². The largest absolute Gasteiger partial charge is 0.392 e. The van der Waals surface area contributed by atoms with Crippen LogP contribution in [0.3, 0.4) is 0 Å². The monoisotopic (exact) mass is 410 g/mol. The first-order valence-corrected chi connectivity index (χ1v) is 8.60. The van der Waals surface area contributed by atoms with E-state index in [-0.39, 0.29) is 20.5 Å². The molecule has 9 heteroatoms. The zero-order chi connectivity index (χ0) is 15.6. The normalized spacial score (nSPS) is 11.4. The number of sulfonamides is 1. The molecule has 1 aromatic carbocycles. The summed E-state index contributed by atoms with van der Waals surface area (Å²) < 4.78 is 27.7. The van der Waals surface area contributed by atoms with Crippen molar-refractivity contribution in [2.24, 2.45) is 0 Å². The molecule has 21 heavy (non-hydrogen) atoms. The minimum Gasteiger partial charge on any atom is -0.392 e.